The molecule has 1 aromatic heterocycles. The third-order valence-electron chi connectivity index (χ3n) is 2.58. The molecule has 0 aliphatic carbocycles. The first-order valence-corrected chi connectivity index (χ1v) is 8.20. The van der Waals surface area contributed by atoms with Crippen molar-refractivity contribution in [2.45, 2.75) is 30.9 Å². The summed E-state index contributed by atoms with van der Waals surface area (Å²) in [6.45, 7) is 4.04. The maximum atomic E-state index is 12.2. The summed E-state index contributed by atoms with van der Waals surface area (Å²) in [6.07, 6.45) is 0.624. The van der Waals surface area contributed by atoms with Crippen molar-refractivity contribution in [3.8, 4) is 0 Å². The van der Waals surface area contributed by atoms with Crippen molar-refractivity contribution in [2.75, 3.05) is 0 Å². The lowest BCUT2D eigenvalue weighted by Crippen LogP contribution is -2.07. The highest BCUT2D eigenvalue weighted by atomic mass is 35.5. The predicted octanol–water partition coefficient (Wildman–Crippen LogP) is 2.90. The van der Waals surface area contributed by atoms with Crippen LogP contribution in [0, 0.1) is 5.92 Å². The van der Waals surface area contributed by atoms with E-state index in [1.807, 2.05) is 13.8 Å². The van der Waals surface area contributed by atoms with Crippen LogP contribution in [-0.4, -0.2) is 18.6 Å². The molecule has 20 heavy (non-hydrogen) atoms. The minimum atomic E-state index is -3.58. The molecule has 2 aromatic rings. The molecule has 7 heteroatoms. The molecule has 0 aliphatic rings. The maximum absolute atomic E-state index is 12.2. The van der Waals surface area contributed by atoms with Crippen LogP contribution < -0.4 is 0 Å². The summed E-state index contributed by atoms with van der Waals surface area (Å²) in [6, 6.07) is 6.30. The monoisotopic (exact) mass is 314 g/mol. The number of aromatic nitrogens is 2. The third kappa shape index (κ3) is 3.58. The second-order valence-corrected chi connectivity index (χ2v) is 7.26. The van der Waals surface area contributed by atoms with E-state index in [2.05, 4.69) is 10.1 Å². The largest absolute Gasteiger partial charge is 0.339 e. The first kappa shape index (κ1) is 15.0. The highest BCUT2D eigenvalue weighted by molar-refractivity contribution is 7.90. The van der Waals surface area contributed by atoms with Gasteiger partial charge in [-0.1, -0.05) is 42.7 Å². The zero-order valence-corrected chi connectivity index (χ0v) is 12.8. The Bertz CT molecular complexity index is 695. The van der Waals surface area contributed by atoms with Gasteiger partial charge in [0.25, 0.3) is 0 Å². The highest BCUT2D eigenvalue weighted by Gasteiger charge is 2.21. The molecule has 1 heterocycles. The predicted molar refractivity (Wildman–Crippen MR) is 75.2 cm³/mol. The van der Waals surface area contributed by atoms with E-state index in [9.17, 15) is 8.42 Å². The van der Waals surface area contributed by atoms with Crippen molar-refractivity contribution >= 4 is 21.4 Å². The lowest BCUT2D eigenvalue weighted by Gasteiger charge is -2.03. The molecule has 0 fully saturated rings. The number of hydrogen-bond acceptors (Lipinski definition) is 5. The van der Waals surface area contributed by atoms with Crippen LogP contribution in [0.1, 0.15) is 25.6 Å². The van der Waals surface area contributed by atoms with Crippen LogP contribution in [0.4, 0.5) is 0 Å². The van der Waals surface area contributed by atoms with E-state index < -0.39 is 9.84 Å². The summed E-state index contributed by atoms with van der Waals surface area (Å²) >= 11 is 5.91. The van der Waals surface area contributed by atoms with Crippen molar-refractivity contribution in [3.63, 3.8) is 0 Å². The van der Waals surface area contributed by atoms with E-state index in [0.717, 1.165) is 0 Å². The Morgan fingerprint density at radius 2 is 2.00 bits per heavy atom. The fourth-order valence-corrected chi connectivity index (χ4v) is 3.48. The molecular formula is C13H15ClN2O3S. The van der Waals surface area contributed by atoms with Crippen LogP contribution in [0.25, 0.3) is 0 Å². The Balaban J connectivity index is 2.21. The lowest BCUT2D eigenvalue weighted by atomic mass is 10.1. The van der Waals surface area contributed by atoms with Crippen LogP contribution >= 0.6 is 11.6 Å². The van der Waals surface area contributed by atoms with E-state index in [0.29, 0.717) is 18.2 Å². The van der Waals surface area contributed by atoms with Crippen molar-refractivity contribution in [1.82, 2.24) is 10.1 Å². The molecule has 0 saturated heterocycles. The van der Waals surface area contributed by atoms with Gasteiger partial charge in [0, 0.05) is 6.42 Å². The Morgan fingerprint density at radius 3 is 2.65 bits per heavy atom. The number of benzene rings is 1. The molecule has 0 atom stereocenters. The molecule has 2 rings (SSSR count). The van der Waals surface area contributed by atoms with Crippen LogP contribution in [0.2, 0.25) is 5.02 Å². The quantitative estimate of drug-likeness (QED) is 0.848. The number of rotatable bonds is 5. The molecule has 1 aromatic carbocycles. The zero-order valence-electron chi connectivity index (χ0n) is 11.2. The fraction of sp³-hybridized carbons (Fsp3) is 0.385. The summed E-state index contributed by atoms with van der Waals surface area (Å²) in [7, 11) is -3.58. The highest BCUT2D eigenvalue weighted by Crippen LogP contribution is 2.23. The van der Waals surface area contributed by atoms with Crippen LogP contribution in [0.3, 0.4) is 0 Å². The van der Waals surface area contributed by atoms with Crippen molar-refractivity contribution in [2.24, 2.45) is 5.92 Å². The number of sulfone groups is 1. The molecule has 0 unspecified atom stereocenters. The topological polar surface area (TPSA) is 73.1 Å². The molecule has 0 saturated carbocycles. The zero-order chi connectivity index (χ0) is 14.8. The second-order valence-electron chi connectivity index (χ2n) is 4.89. The molecule has 0 bridgehead atoms. The summed E-state index contributed by atoms with van der Waals surface area (Å²) in [5.41, 5.74) is 0. The fourth-order valence-electron chi connectivity index (χ4n) is 1.73. The molecule has 108 valence electrons. The van der Waals surface area contributed by atoms with Gasteiger partial charge in [-0.25, -0.2) is 8.42 Å². The van der Waals surface area contributed by atoms with Crippen LogP contribution in [0.15, 0.2) is 33.7 Å². The van der Waals surface area contributed by atoms with Gasteiger partial charge in [-0.15, -0.1) is 0 Å². The van der Waals surface area contributed by atoms with Gasteiger partial charge in [0.1, 0.15) is 5.75 Å². The van der Waals surface area contributed by atoms with Gasteiger partial charge in [-0.3, -0.25) is 0 Å². The standard InChI is InChI=1S/C13H15ClN2O3S/c1-9(2)7-13-15-12(16-19-13)8-20(17,18)11-6-4-3-5-10(11)14/h3-6,9H,7-8H2,1-2H3. The molecule has 0 spiro atoms. The Morgan fingerprint density at radius 1 is 1.30 bits per heavy atom. The Hall–Kier alpha value is -1.40. The Kier molecular flexibility index (Phi) is 4.45. The first-order chi connectivity index (χ1) is 9.38. The molecule has 0 N–H and O–H groups in total. The minimum Gasteiger partial charge on any atom is -0.339 e. The smallest absolute Gasteiger partial charge is 0.226 e. The molecule has 0 amide bonds. The first-order valence-electron chi connectivity index (χ1n) is 6.17. The van der Waals surface area contributed by atoms with Gasteiger partial charge in [0.15, 0.2) is 15.7 Å². The third-order valence-corrected chi connectivity index (χ3v) is 4.69. The average molecular weight is 315 g/mol. The Labute approximate surface area is 122 Å². The molecular weight excluding hydrogens is 300 g/mol. The van der Waals surface area contributed by atoms with Crippen molar-refractivity contribution < 1.29 is 12.9 Å². The number of hydrogen-bond donors (Lipinski definition) is 0. The molecule has 0 aliphatic heterocycles. The summed E-state index contributed by atoms with van der Waals surface area (Å²) in [5.74, 6) is 0.645. The SMILES string of the molecule is CC(C)Cc1nc(CS(=O)(=O)c2ccccc2Cl)no1. The van der Waals surface area contributed by atoms with E-state index in [1.165, 1.54) is 12.1 Å². The van der Waals surface area contributed by atoms with E-state index >= 15 is 0 Å². The van der Waals surface area contributed by atoms with Gasteiger partial charge < -0.3 is 4.52 Å². The minimum absolute atomic E-state index is 0.0804. The van der Waals surface area contributed by atoms with Crippen LogP contribution in [-0.2, 0) is 22.0 Å². The van der Waals surface area contributed by atoms with Gasteiger partial charge >= 0.3 is 0 Å². The van der Waals surface area contributed by atoms with Gasteiger partial charge in [-0.05, 0) is 18.1 Å². The van der Waals surface area contributed by atoms with Gasteiger partial charge in [-0.2, -0.15) is 4.98 Å². The van der Waals surface area contributed by atoms with Crippen molar-refractivity contribution in [3.05, 3.63) is 41.0 Å². The van der Waals surface area contributed by atoms with Gasteiger partial charge in [0.2, 0.25) is 5.89 Å². The number of halogens is 1. The molecule has 0 radical (unpaired) electrons. The summed E-state index contributed by atoms with van der Waals surface area (Å²) in [4.78, 5) is 4.17. The number of nitrogens with zero attached hydrogens (tertiary/aromatic N) is 2. The van der Waals surface area contributed by atoms with Crippen LogP contribution in [0.5, 0.6) is 0 Å². The van der Waals surface area contributed by atoms with E-state index in [1.54, 1.807) is 12.1 Å². The summed E-state index contributed by atoms with van der Waals surface area (Å²) < 4.78 is 29.5. The van der Waals surface area contributed by atoms with E-state index in [-0.39, 0.29) is 21.5 Å². The van der Waals surface area contributed by atoms with E-state index in [4.69, 9.17) is 16.1 Å². The summed E-state index contributed by atoms with van der Waals surface area (Å²) in [5, 5.41) is 3.89. The normalized spacial score (nSPS) is 12.0. The van der Waals surface area contributed by atoms with Crippen molar-refractivity contribution in [1.29, 1.82) is 0 Å². The second kappa shape index (κ2) is 5.93. The molecule has 5 nitrogen and oxygen atoms in total. The van der Waals surface area contributed by atoms with Gasteiger partial charge in [0.05, 0.1) is 9.92 Å². The lowest BCUT2D eigenvalue weighted by molar-refractivity contribution is 0.359. The maximum Gasteiger partial charge on any atom is 0.226 e. The average Bonchev–Trinajstić information content (AvgIpc) is 2.75.